The number of alkyl halides is 1. The van der Waals surface area contributed by atoms with Crippen LogP contribution in [0.15, 0.2) is 48.5 Å². The standard InChI is InChI=1S/C17H18BrNO/c1-12-6-8-15(9-7-12)13(2)19-17(20)16-5-3-4-14(10-16)11-18/h3-10,13H,11H2,1-2H3,(H,19,20). The molecule has 0 aromatic heterocycles. The zero-order valence-corrected chi connectivity index (χ0v) is 13.3. The van der Waals surface area contributed by atoms with E-state index >= 15 is 0 Å². The van der Waals surface area contributed by atoms with E-state index < -0.39 is 0 Å². The number of amides is 1. The van der Waals surface area contributed by atoms with E-state index in [1.165, 1.54) is 5.56 Å². The van der Waals surface area contributed by atoms with Crippen molar-refractivity contribution in [2.45, 2.75) is 25.2 Å². The van der Waals surface area contributed by atoms with Gasteiger partial charge in [0.1, 0.15) is 0 Å². The van der Waals surface area contributed by atoms with Crippen LogP contribution in [-0.2, 0) is 5.33 Å². The van der Waals surface area contributed by atoms with E-state index in [0.29, 0.717) is 5.56 Å². The molecular formula is C17H18BrNO. The predicted molar refractivity (Wildman–Crippen MR) is 86.1 cm³/mol. The molecule has 0 bridgehead atoms. The first kappa shape index (κ1) is 14.8. The molecule has 3 heteroatoms. The molecule has 0 aliphatic rings. The van der Waals surface area contributed by atoms with Gasteiger partial charge in [-0.1, -0.05) is 57.9 Å². The van der Waals surface area contributed by atoms with Crippen LogP contribution in [0.4, 0.5) is 0 Å². The third-order valence-corrected chi connectivity index (χ3v) is 3.92. The second-order valence-corrected chi connectivity index (χ2v) is 5.50. The molecule has 2 rings (SSSR count). The van der Waals surface area contributed by atoms with Gasteiger partial charge in [-0.2, -0.15) is 0 Å². The molecule has 0 saturated carbocycles. The Balaban J connectivity index is 2.08. The zero-order chi connectivity index (χ0) is 14.5. The average Bonchev–Trinajstić information content (AvgIpc) is 2.47. The third kappa shape index (κ3) is 3.70. The van der Waals surface area contributed by atoms with Crippen LogP contribution in [0.2, 0.25) is 0 Å². The minimum Gasteiger partial charge on any atom is -0.346 e. The van der Waals surface area contributed by atoms with Gasteiger partial charge in [-0.25, -0.2) is 0 Å². The second kappa shape index (κ2) is 6.71. The van der Waals surface area contributed by atoms with Crippen LogP contribution in [0.1, 0.15) is 40.0 Å². The van der Waals surface area contributed by atoms with Crippen LogP contribution in [0.25, 0.3) is 0 Å². The molecule has 0 radical (unpaired) electrons. The van der Waals surface area contributed by atoms with Gasteiger partial charge >= 0.3 is 0 Å². The molecule has 20 heavy (non-hydrogen) atoms. The van der Waals surface area contributed by atoms with Crippen LogP contribution in [0, 0.1) is 6.92 Å². The molecule has 1 amide bonds. The van der Waals surface area contributed by atoms with Gasteiger partial charge in [0.25, 0.3) is 5.91 Å². The summed E-state index contributed by atoms with van der Waals surface area (Å²) in [5, 5.41) is 3.78. The third-order valence-electron chi connectivity index (χ3n) is 3.27. The molecule has 0 fully saturated rings. The highest BCUT2D eigenvalue weighted by atomic mass is 79.9. The molecule has 104 valence electrons. The van der Waals surface area contributed by atoms with Crippen molar-refractivity contribution in [2.24, 2.45) is 0 Å². The summed E-state index contributed by atoms with van der Waals surface area (Å²) in [6, 6.07) is 15.9. The van der Waals surface area contributed by atoms with Crippen molar-refractivity contribution in [2.75, 3.05) is 0 Å². The highest BCUT2D eigenvalue weighted by molar-refractivity contribution is 9.08. The Kier molecular flexibility index (Phi) is 4.96. The summed E-state index contributed by atoms with van der Waals surface area (Å²) in [6.07, 6.45) is 0. The highest BCUT2D eigenvalue weighted by Gasteiger charge is 2.11. The van der Waals surface area contributed by atoms with Gasteiger partial charge in [-0.3, -0.25) is 4.79 Å². The first-order valence-electron chi connectivity index (χ1n) is 6.62. The molecule has 0 aliphatic heterocycles. The number of benzene rings is 2. The Hall–Kier alpha value is -1.61. The molecule has 0 aliphatic carbocycles. The average molecular weight is 332 g/mol. The molecule has 2 aromatic rings. The monoisotopic (exact) mass is 331 g/mol. The smallest absolute Gasteiger partial charge is 0.251 e. The fourth-order valence-corrected chi connectivity index (χ4v) is 2.36. The van der Waals surface area contributed by atoms with Gasteiger partial charge in [-0.15, -0.1) is 0 Å². The topological polar surface area (TPSA) is 29.1 Å². The number of halogens is 1. The quantitative estimate of drug-likeness (QED) is 0.827. The largest absolute Gasteiger partial charge is 0.346 e. The van der Waals surface area contributed by atoms with Crippen molar-refractivity contribution in [3.8, 4) is 0 Å². The Bertz CT molecular complexity index is 592. The molecule has 0 spiro atoms. The lowest BCUT2D eigenvalue weighted by Gasteiger charge is -2.15. The number of carbonyl (C=O) groups is 1. The number of hydrogen-bond donors (Lipinski definition) is 1. The normalized spacial score (nSPS) is 11.9. The van der Waals surface area contributed by atoms with E-state index in [0.717, 1.165) is 16.5 Å². The molecular weight excluding hydrogens is 314 g/mol. The van der Waals surface area contributed by atoms with Gasteiger partial charge in [0.05, 0.1) is 6.04 Å². The van der Waals surface area contributed by atoms with Gasteiger partial charge in [0.2, 0.25) is 0 Å². The van der Waals surface area contributed by atoms with Crippen LogP contribution in [-0.4, -0.2) is 5.91 Å². The first-order valence-corrected chi connectivity index (χ1v) is 7.74. The number of nitrogens with one attached hydrogen (secondary N) is 1. The lowest BCUT2D eigenvalue weighted by Crippen LogP contribution is -2.26. The van der Waals surface area contributed by atoms with Crippen molar-refractivity contribution >= 4 is 21.8 Å². The van der Waals surface area contributed by atoms with Crippen molar-refractivity contribution in [1.29, 1.82) is 0 Å². The molecule has 2 aromatic carbocycles. The van der Waals surface area contributed by atoms with Crippen LogP contribution >= 0.6 is 15.9 Å². The number of hydrogen-bond acceptors (Lipinski definition) is 1. The van der Waals surface area contributed by atoms with Crippen LogP contribution < -0.4 is 5.32 Å². The van der Waals surface area contributed by atoms with Gasteiger partial charge in [0, 0.05) is 10.9 Å². The second-order valence-electron chi connectivity index (χ2n) is 4.94. The summed E-state index contributed by atoms with van der Waals surface area (Å²) < 4.78 is 0. The minimum absolute atomic E-state index is 0.00396. The van der Waals surface area contributed by atoms with E-state index in [1.807, 2.05) is 31.2 Å². The molecule has 0 saturated heterocycles. The maximum absolute atomic E-state index is 12.2. The highest BCUT2D eigenvalue weighted by Crippen LogP contribution is 2.15. The fraction of sp³-hybridized carbons (Fsp3) is 0.235. The Morgan fingerprint density at radius 3 is 2.55 bits per heavy atom. The molecule has 1 unspecified atom stereocenters. The summed E-state index contributed by atoms with van der Waals surface area (Å²) in [5.74, 6) is -0.0409. The van der Waals surface area contributed by atoms with E-state index in [1.54, 1.807) is 0 Å². The molecule has 0 heterocycles. The predicted octanol–water partition coefficient (Wildman–Crippen LogP) is 4.38. The van der Waals surface area contributed by atoms with Crippen molar-refractivity contribution in [3.63, 3.8) is 0 Å². The summed E-state index contributed by atoms with van der Waals surface area (Å²) in [7, 11) is 0. The number of rotatable bonds is 4. The van der Waals surface area contributed by atoms with Crippen molar-refractivity contribution < 1.29 is 4.79 Å². The molecule has 1 N–H and O–H groups in total. The van der Waals surface area contributed by atoms with E-state index in [2.05, 4.69) is 52.4 Å². The lowest BCUT2D eigenvalue weighted by atomic mass is 10.1. The van der Waals surface area contributed by atoms with E-state index in [9.17, 15) is 4.79 Å². The lowest BCUT2D eigenvalue weighted by molar-refractivity contribution is 0.0940. The summed E-state index contributed by atoms with van der Waals surface area (Å²) >= 11 is 3.40. The van der Waals surface area contributed by atoms with Crippen molar-refractivity contribution in [1.82, 2.24) is 5.32 Å². The minimum atomic E-state index is -0.0409. The molecule has 1 atom stereocenters. The molecule has 2 nitrogen and oxygen atoms in total. The van der Waals surface area contributed by atoms with Crippen LogP contribution in [0.3, 0.4) is 0 Å². The number of aryl methyl sites for hydroxylation is 1. The SMILES string of the molecule is Cc1ccc(C(C)NC(=O)c2cccc(CBr)c2)cc1. The first-order chi connectivity index (χ1) is 9.60. The number of carbonyl (C=O) groups excluding carboxylic acids is 1. The Morgan fingerprint density at radius 1 is 1.20 bits per heavy atom. The maximum atomic E-state index is 12.2. The van der Waals surface area contributed by atoms with E-state index in [-0.39, 0.29) is 11.9 Å². The summed E-state index contributed by atoms with van der Waals surface area (Å²) in [4.78, 5) is 12.2. The van der Waals surface area contributed by atoms with Gasteiger partial charge < -0.3 is 5.32 Å². The maximum Gasteiger partial charge on any atom is 0.251 e. The fourth-order valence-electron chi connectivity index (χ4n) is 2.01. The van der Waals surface area contributed by atoms with E-state index in [4.69, 9.17) is 0 Å². The van der Waals surface area contributed by atoms with Crippen molar-refractivity contribution in [3.05, 3.63) is 70.8 Å². The van der Waals surface area contributed by atoms with Gasteiger partial charge in [-0.05, 0) is 37.1 Å². The van der Waals surface area contributed by atoms with Crippen LogP contribution in [0.5, 0.6) is 0 Å². The zero-order valence-electron chi connectivity index (χ0n) is 11.7. The summed E-state index contributed by atoms with van der Waals surface area (Å²) in [5.41, 5.74) is 4.12. The Labute approximate surface area is 128 Å². The van der Waals surface area contributed by atoms with Gasteiger partial charge in [0.15, 0.2) is 0 Å². The summed E-state index contributed by atoms with van der Waals surface area (Å²) in [6.45, 7) is 4.05. The Morgan fingerprint density at radius 2 is 1.90 bits per heavy atom.